The van der Waals surface area contributed by atoms with Crippen molar-refractivity contribution < 1.29 is 18.7 Å². The summed E-state index contributed by atoms with van der Waals surface area (Å²) >= 11 is 0. The first-order valence-electron chi connectivity index (χ1n) is 8.63. The van der Waals surface area contributed by atoms with E-state index in [-0.39, 0.29) is 18.4 Å². The third-order valence-corrected chi connectivity index (χ3v) is 5.14. The second kappa shape index (κ2) is 6.35. The Morgan fingerprint density at radius 1 is 1.24 bits per heavy atom. The van der Waals surface area contributed by atoms with Crippen LogP contribution in [0.5, 0.6) is 0 Å². The number of rotatable bonds is 3. The van der Waals surface area contributed by atoms with E-state index in [1.807, 2.05) is 24.3 Å². The summed E-state index contributed by atoms with van der Waals surface area (Å²) in [5.41, 5.74) is 1.83. The molecule has 2 heterocycles. The number of fused-ring (bicyclic) bond motifs is 1. The monoisotopic (exact) mass is 340 g/mol. The molecule has 1 atom stereocenters. The van der Waals surface area contributed by atoms with Crippen molar-refractivity contribution in [2.45, 2.75) is 37.5 Å². The highest BCUT2D eigenvalue weighted by molar-refractivity contribution is 6.07. The van der Waals surface area contributed by atoms with E-state index in [0.717, 1.165) is 24.1 Å². The number of benzene rings is 1. The third kappa shape index (κ3) is 2.71. The number of hydrogen-bond donors (Lipinski definition) is 0. The van der Waals surface area contributed by atoms with Gasteiger partial charge >= 0.3 is 5.97 Å². The molecule has 2 aromatic rings. The van der Waals surface area contributed by atoms with Crippen molar-refractivity contribution in [1.29, 1.82) is 0 Å². The number of nitrogens with zero attached hydrogens (tertiary/aromatic N) is 2. The second-order valence-electron chi connectivity index (χ2n) is 6.60. The Morgan fingerprint density at radius 3 is 2.76 bits per heavy atom. The normalized spacial score (nSPS) is 19.9. The summed E-state index contributed by atoms with van der Waals surface area (Å²) in [5.74, 6) is -0.0826. The second-order valence-corrected chi connectivity index (χ2v) is 6.60. The molecule has 1 saturated carbocycles. The van der Waals surface area contributed by atoms with Crippen molar-refractivity contribution >= 4 is 17.6 Å². The van der Waals surface area contributed by atoms with Crippen LogP contribution >= 0.6 is 0 Å². The van der Waals surface area contributed by atoms with Crippen LogP contribution in [0, 0.1) is 0 Å². The molecular weight excluding hydrogens is 320 g/mol. The zero-order valence-electron chi connectivity index (χ0n) is 14.1. The van der Waals surface area contributed by atoms with Gasteiger partial charge in [-0.25, -0.2) is 4.98 Å². The number of anilines is 1. The molecule has 6 heteroatoms. The van der Waals surface area contributed by atoms with Crippen LogP contribution in [0.25, 0.3) is 0 Å². The smallest absolute Gasteiger partial charge is 0.315 e. The number of carbonyl (C=O) groups excluding carboxylic acids is 2. The maximum Gasteiger partial charge on any atom is 0.315 e. The lowest BCUT2D eigenvalue weighted by atomic mass is 10.0. The van der Waals surface area contributed by atoms with Crippen molar-refractivity contribution in [3.8, 4) is 0 Å². The van der Waals surface area contributed by atoms with E-state index in [9.17, 15) is 9.59 Å². The van der Waals surface area contributed by atoms with Crippen LogP contribution in [-0.2, 0) is 9.53 Å². The van der Waals surface area contributed by atoms with Crippen molar-refractivity contribution in [1.82, 2.24) is 4.98 Å². The minimum Gasteiger partial charge on any atom is -0.468 e. The van der Waals surface area contributed by atoms with Crippen LogP contribution in [0.4, 0.5) is 5.69 Å². The summed E-state index contributed by atoms with van der Waals surface area (Å²) in [5, 5.41) is 0. The number of amides is 1. The zero-order chi connectivity index (χ0) is 17.4. The first kappa shape index (κ1) is 15.9. The molecule has 1 fully saturated rings. The molecule has 1 aliphatic carbocycles. The van der Waals surface area contributed by atoms with Crippen LogP contribution in [0.3, 0.4) is 0 Å². The zero-order valence-corrected chi connectivity index (χ0v) is 14.1. The number of para-hydroxylation sites is 1. The van der Waals surface area contributed by atoms with Gasteiger partial charge in [-0.1, -0.05) is 31.0 Å². The maximum atomic E-state index is 12.9. The molecule has 0 spiro atoms. The van der Waals surface area contributed by atoms with E-state index in [2.05, 4.69) is 4.98 Å². The lowest BCUT2D eigenvalue weighted by molar-refractivity contribution is -0.141. The Bertz CT molecular complexity index is 807. The van der Waals surface area contributed by atoms with Gasteiger partial charge in [0, 0.05) is 18.2 Å². The van der Waals surface area contributed by atoms with Gasteiger partial charge in [0.15, 0.2) is 11.6 Å². The molecule has 0 bridgehead atoms. The molecule has 0 saturated heterocycles. The first-order chi connectivity index (χ1) is 12.2. The number of oxazole rings is 1. The molecule has 6 nitrogen and oxygen atoms in total. The van der Waals surface area contributed by atoms with Gasteiger partial charge in [0.25, 0.3) is 5.91 Å². The van der Waals surface area contributed by atoms with Crippen molar-refractivity contribution in [2.24, 2.45) is 0 Å². The molecule has 0 N–H and O–H groups in total. The van der Waals surface area contributed by atoms with Gasteiger partial charge in [-0.2, -0.15) is 0 Å². The Morgan fingerprint density at radius 2 is 2.00 bits per heavy atom. The van der Waals surface area contributed by atoms with Crippen molar-refractivity contribution in [3.05, 3.63) is 47.7 Å². The Balaban J connectivity index is 1.61. The molecule has 1 amide bonds. The van der Waals surface area contributed by atoms with Gasteiger partial charge in [0.2, 0.25) is 0 Å². The molecule has 1 aliphatic heterocycles. The lowest BCUT2D eigenvalue weighted by Crippen LogP contribution is -2.31. The Hall–Kier alpha value is -2.63. The number of carbonyl (C=O) groups is 2. The highest BCUT2D eigenvalue weighted by Gasteiger charge is 2.38. The predicted molar refractivity (Wildman–Crippen MR) is 90.6 cm³/mol. The standard InChI is InChI=1S/C19H20N2O4/c1-24-19(23)14-10-21(16-9-5-4-8-13(14)16)18(22)15-11-25-17(20-15)12-6-2-3-7-12/h4-5,8-9,11-12,14H,2-3,6-7,10H2,1H3/t14-/m0/s1. The lowest BCUT2D eigenvalue weighted by Gasteiger charge is -2.15. The fourth-order valence-corrected chi connectivity index (χ4v) is 3.83. The van der Waals surface area contributed by atoms with E-state index in [1.54, 1.807) is 4.90 Å². The van der Waals surface area contributed by atoms with Crippen molar-refractivity contribution in [3.63, 3.8) is 0 Å². The molecular formula is C19H20N2O4. The number of aromatic nitrogens is 1. The summed E-state index contributed by atoms with van der Waals surface area (Å²) in [6.07, 6.45) is 5.91. The van der Waals surface area contributed by atoms with Crippen molar-refractivity contribution in [2.75, 3.05) is 18.6 Å². The fraction of sp³-hybridized carbons (Fsp3) is 0.421. The van der Waals surface area contributed by atoms with Gasteiger partial charge in [-0.05, 0) is 24.5 Å². The van der Waals surface area contributed by atoms with E-state index >= 15 is 0 Å². The van der Waals surface area contributed by atoms with Gasteiger partial charge in [-0.15, -0.1) is 0 Å². The SMILES string of the molecule is COC(=O)[C@H]1CN(C(=O)c2coc(C3CCCC3)n2)c2ccccc21. The summed E-state index contributed by atoms with van der Waals surface area (Å²) < 4.78 is 10.4. The van der Waals surface area contributed by atoms with Crippen LogP contribution in [-0.4, -0.2) is 30.5 Å². The van der Waals surface area contributed by atoms with Gasteiger partial charge in [-0.3, -0.25) is 9.59 Å². The molecule has 0 radical (unpaired) electrons. The maximum absolute atomic E-state index is 12.9. The van der Waals surface area contributed by atoms with Gasteiger partial charge in [0.1, 0.15) is 12.2 Å². The molecule has 1 aromatic heterocycles. The summed E-state index contributed by atoms with van der Waals surface area (Å²) in [6.45, 7) is 0.260. The minimum absolute atomic E-state index is 0.244. The number of ether oxygens (including phenoxy) is 1. The van der Waals surface area contributed by atoms with Crippen LogP contribution in [0.2, 0.25) is 0 Å². The van der Waals surface area contributed by atoms with E-state index < -0.39 is 5.92 Å². The topological polar surface area (TPSA) is 72.6 Å². The summed E-state index contributed by atoms with van der Waals surface area (Å²) in [6, 6.07) is 7.41. The molecule has 130 valence electrons. The Kier molecular flexibility index (Phi) is 4.03. The largest absolute Gasteiger partial charge is 0.468 e. The minimum atomic E-state index is -0.466. The van der Waals surface area contributed by atoms with Gasteiger partial charge < -0.3 is 14.1 Å². The van der Waals surface area contributed by atoms with Gasteiger partial charge in [0.05, 0.1) is 7.11 Å². The van der Waals surface area contributed by atoms with E-state index in [4.69, 9.17) is 9.15 Å². The summed E-state index contributed by atoms with van der Waals surface area (Å²) in [4.78, 5) is 31.0. The molecule has 1 aromatic carbocycles. The first-order valence-corrected chi connectivity index (χ1v) is 8.63. The predicted octanol–water partition coefficient (Wildman–Crippen LogP) is 3.25. The highest BCUT2D eigenvalue weighted by atomic mass is 16.5. The molecule has 4 rings (SSSR count). The van der Waals surface area contributed by atoms with Crippen LogP contribution in [0.15, 0.2) is 34.9 Å². The van der Waals surface area contributed by atoms with E-state index in [1.165, 1.54) is 26.2 Å². The number of esters is 1. The van der Waals surface area contributed by atoms with Crippen LogP contribution in [0.1, 0.15) is 59.5 Å². The van der Waals surface area contributed by atoms with Crippen LogP contribution < -0.4 is 4.90 Å². The fourth-order valence-electron chi connectivity index (χ4n) is 3.83. The average molecular weight is 340 g/mol. The molecule has 25 heavy (non-hydrogen) atoms. The Labute approximate surface area is 145 Å². The quantitative estimate of drug-likeness (QED) is 0.802. The molecule has 0 unspecified atom stereocenters. The highest BCUT2D eigenvalue weighted by Crippen LogP contribution is 2.38. The third-order valence-electron chi connectivity index (χ3n) is 5.14. The summed E-state index contributed by atoms with van der Waals surface area (Å²) in [7, 11) is 1.36. The number of methoxy groups -OCH3 is 1. The molecule has 2 aliphatic rings. The average Bonchev–Trinajstić information content (AvgIpc) is 3.39. The van der Waals surface area contributed by atoms with E-state index in [0.29, 0.717) is 17.5 Å². The number of hydrogen-bond acceptors (Lipinski definition) is 5.